The first kappa shape index (κ1) is 14.7. The minimum Gasteiger partial charge on any atom is -0.493 e. The predicted molar refractivity (Wildman–Crippen MR) is 76.9 cm³/mol. The van der Waals surface area contributed by atoms with Crippen LogP contribution in [0.15, 0.2) is 18.2 Å². The van der Waals surface area contributed by atoms with Crippen molar-refractivity contribution in [2.24, 2.45) is 5.73 Å². The van der Waals surface area contributed by atoms with Crippen LogP contribution in [0.2, 0.25) is 0 Å². The van der Waals surface area contributed by atoms with E-state index >= 15 is 0 Å². The lowest BCUT2D eigenvalue weighted by Crippen LogP contribution is -2.52. The molecule has 20 heavy (non-hydrogen) atoms. The number of benzene rings is 1. The summed E-state index contributed by atoms with van der Waals surface area (Å²) in [5.74, 6) is 1.19. The average Bonchev–Trinajstić information content (AvgIpc) is 3.17. The van der Waals surface area contributed by atoms with Gasteiger partial charge in [0.25, 0.3) is 0 Å². The molecule has 0 radical (unpaired) electrons. The van der Waals surface area contributed by atoms with Crippen molar-refractivity contribution in [2.75, 3.05) is 14.2 Å². The fraction of sp³-hybridized carbons (Fsp3) is 0.533. The third kappa shape index (κ3) is 2.72. The van der Waals surface area contributed by atoms with Crippen molar-refractivity contribution in [1.82, 2.24) is 5.32 Å². The molecule has 1 aromatic rings. The van der Waals surface area contributed by atoms with Crippen LogP contribution in [0.3, 0.4) is 0 Å². The monoisotopic (exact) mass is 278 g/mol. The number of methoxy groups -OCH3 is 2. The van der Waals surface area contributed by atoms with Crippen molar-refractivity contribution < 1.29 is 14.3 Å². The minimum atomic E-state index is -0.883. The van der Waals surface area contributed by atoms with Crippen molar-refractivity contribution in [1.29, 1.82) is 0 Å². The smallest absolute Gasteiger partial charge is 0.240 e. The van der Waals surface area contributed by atoms with Crippen molar-refractivity contribution in [3.63, 3.8) is 0 Å². The summed E-state index contributed by atoms with van der Waals surface area (Å²) in [4.78, 5) is 12.1. The number of rotatable bonds is 5. The third-order valence-electron chi connectivity index (χ3n) is 3.62. The molecule has 0 bridgehead atoms. The minimum absolute atomic E-state index is 0.148. The van der Waals surface area contributed by atoms with Gasteiger partial charge in [0.15, 0.2) is 11.5 Å². The second-order valence-electron chi connectivity index (χ2n) is 5.83. The molecule has 1 aromatic carbocycles. The second-order valence-corrected chi connectivity index (χ2v) is 5.83. The highest BCUT2D eigenvalue weighted by Crippen LogP contribution is 2.47. The number of carbonyl (C=O) groups is 1. The van der Waals surface area contributed by atoms with E-state index < -0.39 is 5.54 Å². The maximum absolute atomic E-state index is 12.1. The molecule has 110 valence electrons. The topological polar surface area (TPSA) is 73.6 Å². The summed E-state index contributed by atoms with van der Waals surface area (Å²) in [5.41, 5.74) is 5.66. The molecule has 0 aromatic heterocycles. The zero-order valence-electron chi connectivity index (χ0n) is 12.4. The summed E-state index contributed by atoms with van der Waals surface area (Å²) in [6.45, 7) is 3.40. The Morgan fingerprint density at radius 1 is 1.25 bits per heavy atom. The molecule has 1 fully saturated rings. The first-order valence-electron chi connectivity index (χ1n) is 6.66. The lowest BCUT2D eigenvalue weighted by Gasteiger charge is -2.25. The van der Waals surface area contributed by atoms with Gasteiger partial charge in [-0.1, -0.05) is 6.07 Å². The summed E-state index contributed by atoms with van der Waals surface area (Å²) in [5, 5.41) is 3.05. The Morgan fingerprint density at radius 2 is 1.85 bits per heavy atom. The Bertz CT molecular complexity index is 516. The Kier molecular flexibility index (Phi) is 3.65. The van der Waals surface area contributed by atoms with E-state index in [1.807, 2.05) is 18.2 Å². The van der Waals surface area contributed by atoms with Crippen LogP contribution in [0.25, 0.3) is 0 Å². The van der Waals surface area contributed by atoms with E-state index in [9.17, 15) is 4.79 Å². The Balaban J connectivity index is 2.25. The highest BCUT2D eigenvalue weighted by Gasteiger charge is 2.47. The predicted octanol–water partition coefficient (Wildman–Crippen LogP) is 1.55. The fourth-order valence-corrected chi connectivity index (χ4v) is 2.12. The number of amides is 1. The number of nitrogens with one attached hydrogen (secondary N) is 1. The van der Waals surface area contributed by atoms with Crippen LogP contribution >= 0.6 is 0 Å². The molecular weight excluding hydrogens is 256 g/mol. The van der Waals surface area contributed by atoms with E-state index in [4.69, 9.17) is 15.2 Å². The van der Waals surface area contributed by atoms with E-state index in [0.717, 1.165) is 18.4 Å². The molecule has 0 unspecified atom stereocenters. The van der Waals surface area contributed by atoms with Gasteiger partial charge in [0.1, 0.15) is 0 Å². The van der Waals surface area contributed by atoms with Gasteiger partial charge in [-0.15, -0.1) is 0 Å². The molecule has 1 aliphatic rings. The van der Waals surface area contributed by atoms with E-state index in [0.29, 0.717) is 11.5 Å². The van der Waals surface area contributed by atoms with Crippen LogP contribution in [0.5, 0.6) is 11.5 Å². The summed E-state index contributed by atoms with van der Waals surface area (Å²) in [7, 11) is 3.20. The van der Waals surface area contributed by atoms with Crippen molar-refractivity contribution in [3.8, 4) is 11.5 Å². The zero-order chi connectivity index (χ0) is 15.0. The summed E-state index contributed by atoms with van der Waals surface area (Å²) in [6.07, 6.45) is 1.81. The van der Waals surface area contributed by atoms with Gasteiger partial charge in [-0.2, -0.15) is 0 Å². The average molecular weight is 278 g/mol. The SMILES string of the molecule is COc1ccc(C2(NC(=O)C(C)(C)N)CC2)cc1OC. The fourth-order valence-electron chi connectivity index (χ4n) is 2.12. The normalized spacial score (nSPS) is 16.4. The van der Waals surface area contributed by atoms with Gasteiger partial charge in [0.2, 0.25) is 5.91 Å². The third-order valence-corrected chi connectivity index (χ3v) is 3.62. The highest BCUT2D eigenvalue weighted by molar-refractivity contribution is 5.86. The van der Waals surface area contributed by atoms with E-state index in [1.54, 1.807) is 28.1 Å². The van der Waals surface area contributed by atoms with E-state index in [1.165, 1.54) is 0 Å². The van der Waals surface area contributed by atoms with Crippen molar-refractivity contribution in [2.45, 2.75) is 37.8 Å². The van der Waals surface area contributed by atoms with Crippen LogP contribution in [0.4, 0.5) is 0 Å². The standard InChI is InChI=1S/C15H22N2O3/c1-14(2,16)13(18)17-15(7-8-15)10-5-6-11(19-3)12(9-10)20-4/h5-6,9H,7-8,16H2,1-4H3,(H,17,18). The highest BCUT2D eigenvalue weighted by atomic mass is 16.5. The molecule has 1 amide bonds. The van der Waals surface area contributed by atoms with Crippen LogP contribution in [-0.4, -0.2) is 25.7 Å². The molecule has 0 atom stereocenters. The van der Waals surface area contributed by atoms with Gasteiger partial charge >= 0.3 is 0 Å². The molecule has 1 aliphatic carbocycles. The van der Waals surface area contributed by atoms with E-state index in [2.05, 4.69) is 5.32 Å². The Labute approximate surface area is 119 Å². The lowest BCUT2D eigenvalue weighted by atomic mass is 10.0. The molecule has 0 heterocycles. The van der Waals surface area contributed by atoms with Gasteiger partial charge in [-0.3, -0.25) is 4.79 Å². The van der Waals surface area contributed by atoms with Gasteiger partial charge in [0, 0.05) is 0 Å². The van der Waals surface area contributed by atoms with Crippen LogP contribution in [-0.2, 0) is 10.3 Å². The number of hydrogen-bond acceptors (Lipinski definition) is 4. The first-order valence-corrected chi connectivity index (χ1v) is 6.66. The maximum atomic E-state index is 12.1. The van der Waals surface area contributed by atoms with Gasteiger partial charge in [-0.05, 0) is 44.4 Å². The van der Waals surface area contributed by atoms with E-state index in [-0.39, 0.29) is 11.4 Å². The lowest BCUT2D eigenvalue weighted by molar-refractivity contribution is -0.126. The van der Waals surface area contributed by atoms with Crippen LogP contribution in [0, 0.1) is 0 Å². The molecular formula is C15H22N2O3. The van der Waals surface area contributed by atoms with Crippen LogP contribution in [0.1, 0.15) is 32.3 Å². The van der Waals surface area contributed by atoms with Crippen molar-refractivity contribution in [3.05, 3.63) is 23.8 Å². The summed E-state index contributed by atoms with van der Waals surface area (Å²) >= 11 is 0. The molecule has 0 spiro atoms. The number of nitrogens with two attached hydrogens (primary N) is 1. The molecule has 2 rings (SSSR count). The summed E-state index contributed by atoms with van der Waals surface area (Å²) < 4.78 is 10.5. The molecule has 5 nitrogen and oxygen atoms in total. The maximum Gasteiger partial charge on any atom is 0.240 e. The number of ether oxygens (including phenoxy) is 2. The molecule has 0 saturated heterocycles. The first-order chi connectivity index (χ1) is 9.32. The van der Waals surface area contributed by atoms with Gasteiger partial charge in [0.05, 0.1) is 25.3 Å². The zero-order valence-corrected chi connectivity index (χ0v) is 12.4. The van der Waals surface area contributed by atoms with Crippen molar-refractivity contribution >= 4 is 5.91 Å². The van der Waals surface area contributed by atoms with Gasteiger partial charge < -0.3 is 20.5 Å². The number of hydrogen-bond donors (Lipinski definition) is 2. The Morgan fingerprint density at radius 3 is 2.30 bits per heavy atom. The Hall–Kier alpha value is -1.75. The molecule has 5 heteroatoms. The van der Waals surface area contributed by atoms with Crippen LogP contribution < -0.4 is 20.5 Å². The largest absolute Gasteiger partial charge is 0.493 e. The molecule has 0 aliphatic heterocycles. The quantitative estimate of drug-likeness (QED) is 0.857. The molecule has 3 N–H and O–H groups in total. The summed E-state index contributed by atoms with van der Waals surface area (Å²) in [6, 6.07) is 5.72. The molecule has 1 saturated carbocycles. The number of carbonyl (C=O) groups excluding carboxylic acids is 1. The second kappa shape index (κ2) is 4.98. The van der Waals surface area contributed by atoms with Gasteiger partial charge in [-0.25, -0.2) is 0 Å².